The number of unbranched alkanes of at least 4 members (excludes halogenated alkanes) is 10. The molecule has 0 aliphatic rings. The molecule has 2 atom stereocenters. The number of hydrogen-bond donors (Lipinski definition) is 4. The number of hydrogen-bond acceptors (Lipinski definition) is 8. The topological polar surface area (TPSA) is 182 Å². The molecule has 0 aromatic rings. The summed E-state index contributed by atoms with van der Waals surface area (Å²) in [6, 6.07) is -1.83. The fourth-order valence-corrected chi connectivity index (χ4v) is 2.76. The lowest BCUT2D eigenvalue weighted by atomic mass is 10.1. The fraction of sp³-hybridized carbons (Fsp3) is 0.864. The summed E-state index contributed by atoms with van der Waals surface area (Å²) in [5.41, 5.74) is 15.8. The van der Waals surface area contributed by atoms with Crippen LogP contribution in [-0.2, 0) is 19.1 Å². The summed E-state index contributed by atoms with van der Waals surface area (Å²) in [4.78, 5) is 31.7. The van der Waals surface area contributed by atoms with Crippen LogP contribution in [0.25, 0.3) is 0 Å². The van der Waals surface area contributed by atoms with Gasteiger partial charge in [0, 0.05) is 12.4 Å². The molecule has 0 saturated carbocycles. The highest BCUT2D eigenvalue weighted by Crippen LogP contribution is 2.10. The van der Waals surface area contributed by atoms with Crippen LogP contribution in [0.2, 0.25) is 0 Å². The summed E-state index contributed by atoms with van der Waals surface area (Å²) >= 11 is 0. The molecule has 2 unspecified atom stereocenters. The Labute approximate surface area is 187 Å². The first-order valence-corrected chi connectivity index (χ1v) is 11.6. The molecule has 0 bridgehead atoms. The average molecular weight is 447 g/mol. The number of esters is 1. The Morgan fingerprint density at radius 3 is 1.81 bits per heavy atom. The maximum Gasteiger partial charge on any atom is 0.323 e. The number of carboxylic acid groups (broad SMARTS) is 2. The predicted molar refractivity (Wildman–Crippen MR) is 119 cm³/mol. The third kappa shape index (κ3) is 24.4. The maximum atomic E-state index is 11.3. The molecule has 0 aromatic carbocycles. The largest absolute Gasteiger partial charge is 0.550 e. The summed E-state index contributed by atoms with van der Waals surface area (Å²) in [5.74, 6) is -2.93. The molecule has 0 aromatic heterocycles. The molecule has 0 amide bonds. The maximum absolute atomic E-state index is 11.3. The third-order valence-corrected chi connectivity index (χ3v) is 4.72. The molecule has 0 aliphatic heterocycles. The van der Waals surface area contributed by atoms with Gasteiger partial charge < -0.3 is 36.9 Å². The lowest BCUT2D eigenvalue weighted by molar-refractivity contribution is -0.306. The third-order valence-electron chi connectivity index (χ3n) is 4.72. The number of rotatable bonds is 19. The van der Waals surface area contributed by atoms with E-state index in [4.69, 9.17) is 27.0 Å². The molecule has 0 heterocycles. The molecule has 9 heteroatoms. The standard InChI is InChI=1S/C16H31NO4.C6H14N2O2/c1-2-3-4-5-6-7-8-9-10-11-12-21-16(20)14(17)13-15(18)19;7-4-2-1-3-5(8)6(9)10/h14H,2-13,17H2,1H3,(H,18,19);5H,1-4,7-8H2,(H,9,10)/p-1. The number of carbonyl (C=O) groups excluding carboxylic acids is 2. The van der Waals surface area contributed by atoms with Gasteiger partial charge in [-0.05, 0) is 25.8 Å². The number of nitrogens with two attached hydrogens (primary N) is 3. The second-order valence-electron chi connectivity index (χ2n) is 7.76. The molecule has 0 radical (unpaired) electrons. The van der Waals surface area contributed by atoms with Gasteiger partial charge in [-0.3, -0.25) is 9.59 Å². The van der Waals surface area contributed by atoms with Crippen molar-refractivity contribution < 1.29 is 29.3 Å². The van der Waals surface area contributed by atoms with Crippen molar-refractivity contribution in [1.29, 1.82) is 0 Å². The van der Waals surface area contributed by atoms with E-state index in [1.165, 1.54) is 44.9 Å². The van der Waals surface area contributed by atoms with Crippen LogP contribution in [0.1, 0.15) is 96.8 Å². The van der Waals surface area contributed by atoms with Crippen LogP contribution in [0.5, 0.6) is 0 Å². The van der Waals surface area contributed by atoms with Crippen LogP contribution < -0.4 is 22.3 Å². The van der Waals surface area contributed by atoms with Gasteiger partial charge in [-0.1, -0.05) is 71.1 Å². The molecule has 0 spiro atoms. The number of aliphatic carboxylic acids is 2. The SMILES string of the molecule is CCCCCCCCCCCCOC(=O)C(N)CC(=O)[O-].NCCCCC(N)C(=O)O. The van der Waals surface area contributed by atoms with E-state index < -0.39 is 36.4 Å². The van der Waals surface area contributed by atoms with Gasteiger partial charge in [0.2, 0.25) is 0 Å². The quantitative estimate of drug-likeness (QED) is 0.168. The Hall–Kier alpha value is -1.71. The van der Waals surface area contributed by atoms with Gasteiger partial charge in [-0.25, -0.2) is 0 Å². The minimum atomic E-state index is -1.33. The molecule has 0 saturated heterocycles. The molecular formula is C22H44N3O6-. The van der Waals surface area contributed by atoms with Crippen molar-refractivity contribution in [2.45, 2.75) is 109 Å². The number of carbonyl (C=O) groups is 3. The van der Waals surface area contributed by atoms with Crippen molar-refractivity contribution in [3.8, 4) is 0 Å². The Bertz CT molecular complexity index is 463. The Balaban J connectivity index is 0. The van der Waals surface area contributed by atoms with Crippen molar-refractivity contribution in [2.75, 3.05) is 13.2 Å². The highest BCUT2D eigenvalue weighted by atomic mass is 16.5. The Kier molecular flexibility index (Phi) is 23.3. The molecule has 31 heavy (non-hydrogen) atoms. The molecule has 184 valence electrons. The molecule has 0 fully saturated rings. The van der Waals surface area contributed by atoms with Crippen LogP contribution >= 0.6 is 0 Å². The lowest BCUT2D eigenvalue weighted by Gasteiger charge is -2.11. The molecule has 0 rings (SSSR count). The normalized spacial score (nSPS) is 12.4. The highest BCUT2D eigenvalue weighted by Gasteiger charge is 2.14. The average Bonchev–Trinajstić information content (AvgIpc) is 2.71. The monoisotopic (exact) mass is 446 g/mol. The van der Waals surface area contributed by atoms with Crippen LogP contribution in [-0.4, -0.2) is 48.2 Å². The van der Waals surface area contributed by atoms with Crippen molar-refractivity contribution in [1.82, 2.24) is 0 Å². The number of carboxylic acids is 2. The first-order chi connectivity index (χ1) is 14.8. The zero-order valence-corrected chi connectivity index (χ0v) is 19.2. The molecule has 0 aliphatic carbocycles. The molecule has 7 N–H and O–H groups in total. The zero-order valence-electron chi connectivity index (χ0n) is 19.2. The van der Waals surface area contributed by atoms with Crippen LogP contribution in [0.3, 0.4) is 0 Å². The Morgan fingerprint density at radius 2 is 1.35 bits per heavy atom. The summed E-state index contributed by atoms with van der Waals surface area (Å²) in [6.07, 6.45) is 13.8. The summed E-state index contributed by atoms with van der Waals surface area (Å²) in [5, 5.41) is 18.6. The van der Waals surface area contributed by atoms with Crippen LogP contribution in [0.15, 0.2) is 0 Å². The first kappa shape index (κ1) is 31.5. The molecule has 9 nitrogen and oxygen atoms in total. The van der Waals surface area contributed by atoms with E-state index in [1.54, 1.807) is 0 Å². The smallest absolute Gasteiger partial charge is 0.323 e. The number of ether oxygens (including phenoxy) is 1. The Morgan fingerprint density at radius 1 is 0.839 bits per heavy atom. The van der Waals surface area contributed by atoms with Gasteiger partial charge in [0.15, 0.2) is 0 Å². The summed E-state index contributed by atoms with van der Waals surface area (Å²) < 4.78 is 4.92. The van der Waals surface area contributed by atoms with E-state index in [0.717, 1.165) is 32.1 Å². The van der Waals surface area contributed by atoms with Gasteiger partial charge in [0.25, 0.3) is 0 Å². The van der Waals surface area contributed by atoms with Crippen LogP contribution in [0, 0.1) is 0 Å². The van der Waals surface area contributed by atoms with Crippen LogP contribution in [0.4, 0.5) is 0 Å². The minimum Gasteiger partial charge on any atom is -0.550 e. The van der Waals surface area contributed by atoms with Gasteiger partial charge in [0.1, 0.15) is 12.1 Å². The van der Waals surface area contributed by atoms with E-state index >= 15 is 0 Å². The lowest BCUT2D eigenvalue weighted by Crippen LogP contribution is -2.38. The molecular weight excluding hydrogens is 402 g/mol. The highest BCUT2D eigenvalue weighted by molar-refractivity contribution is 5.81. The van der Waals surface area contributed by atoms with Gasteiger partial charge in [-0.15, -0.1) is 0 Å². The van der Waals surface area contributed by atoms with E-state index in [9.17, 15) is 19.5 Å². The zero-order chi connectivity index (χ0) is 23.9. The summed E-state index contributed by atoms with van der Waals surface area (Å²) in [7, 11) is 0. The van der Waals surface area contributed by atoms with E-state index in [2.05, 4.69) is 6.92 Å². The second-order valence-corrected chi connectivity index (χ2v) is 7.76. The van der Waals surface area contributed by atoms with E-state index in [0.29, 0.717) is 19.6 Å². The van der Waals surface area contributed by atoms with Crippen molar-refractivity contribution in [2.24, 2.45) is 17.2 Å². The van der Waals surface area contributed by atoms with Gasteiger partial charge >= 0.3 is 11.9 Å². The van der Waals surface area contributed by atoms with Crippen molar-refractivity contribution >= 4 is 17.9 Å². The van der Waals surface area contributed by atoms with E-state index in [1.807, 2.05) is 0 Å². The van der Waals surface area contributed by atoms with E-state index in [-0.39, 0.29) is 0 Å². The second kappa shape index (κ2) is 23.0. The summed E-state index contributed by atoms with van der Waals surface area (Å²) in [6.45, 7) is 3.14. The predicted octanol–water partition coefficient (Wildman–Crippen LogP) is 1.45. The van der Waals surface area contributed by atoms with Crippen molar-refractivity contribution in [3.63, 3.8) is 0 Å². The fourth-order valence-electron chi connectivity index (χ4n) is 2.76. The minimum absolute atomic E-state index is 0.316. The van der Waals surface area contributed by atoms with Gasteiger partial charge in [-0.2, -0.15) is 0 Å². The van der Waals surface area contributed by atoms with Gasteiger partial charge in [0.05, 0.1) is 6.61 Å². The van der Waals surface area contributed by atoms with Crippen molar-refractivity contribution in [3.05, 3.63) is 0 Å². The first-order valence-electron chi connectivity index (χ1n) is 11.6.